The van der Waals surface area contributed by atoms with Crippen LogP contribution in [0.5, 0.6) is 0 Å². The highest BCUT2D eigenvalue weighted by atomic mass is 32.1. The summed E-state index contributed by atoms with van der Waals surface area (Å²) in [6, 6.07) is 18.7. The quantitative estimate of drug-likeness (QED) is 0.698. The zero-order chi connectivity index (χ0) is 20.4. The van der Waals surface area contributed by atoms with Gasteiger partial charge >= 0.3 is 6.09 Å². The second kappa shape index (κ2) is 8.21. The third-order valence-electron chi connectivity index (χ3n) is 5.37. The number of carbonyl (C=O) groups is 2. The largest absolute Gasteiger partial charge is 0.468 e. The van der Waals surface area contributed by atoms with Crippen LogP contribution < -0.4 is 0 Å². The minimum Gasteiger partial charge on any atom is -0.468 e. The van der Waals surface area contributed by atoms with Gasteiger partial charge in [-0.2, -0.15) is 0 Å². The number of thiocarbonyl (C=S) groups is 1. The Hall–Kier alpha value is -2.93. The van der Waals surface area contributed by atoms with E-state index in [4.69, 9.17) is 21.7 Å². The van der Waals surface area contributed by atoms with Crippen molar-refractivity contribution in [2.75, 3.05) is 13.2 Å². The first-order valence-electron chi connectivity index (χ1n) is 9.60. The number of cyclic esters (lactones) is 1. The first-order chi connectivity index (χ1) is 14.1. The summed E-state index contributed by atoms with van der Waals surface area (Å²) >= 11 is 5.39. The lowest BCUT2D eigenvalue weighted by atomic mass is 10.0. The lowest BCUT2D eigenvalue weighted by Gasteiger charge is -2.30. The molecule has 0 aromatic heterocycles. The molecule has 2 amide bonds. The van der Waals surface area contributed by atoms with Gasteiger partial charge in [-0.25, -0.2) is 9.69 Å². The molecular formula is C22H22N2O4S. The second-order valence-electron chi connectivity index (χ2n) is 7.23. The van der Waals surface area contributed by atoms with Crippen molar-refractivity contribution in [2.45, 2.75) is 31.5 Å². The Morgan fingerprint density at radius 3 is 2.17 bits per heavy atom. The second-order valence-corrected chi connectivity index (χ2v) is 7.58. The molecule has 0 aliphatic carbocycles. The fourth-order valence-corrected chi connectivity index (χ4v) is 4.29. The number of amides is 2. The number of benzene rings is 2. The van der Waals surface area contributed by atoms with Crippen molar-refractivity contribution in [3.8, 4) is 0 Å². The molecular weight excluding hydrogens is 388 g/mol. The minimum absolute atomic E-state index is 0.0538. The zero-order valence-corrected chi connectivity index (χ0v) is 16.9. The van der Waals surface area contributed by atoms with Gasteiger partial charge in [-0.15, -0.1) is 0 Å². The molecule has 3 atom stereocenters. The molecule has 29 heavy (non-hydrogen) atoms. The summed E-state index contributed by atoms with van der Waals surface area (Å²) < 4.78 is 10.8. The Morgan fingerprint density at radius 2 is 1.55 bits per heavy atom. The van der Waals surface area contributed by atoms with Crippen LogP contribution in [-0.2, 0) is 14.3 Å². The summed E-state index contributed by atoms with van der Waals surface area (Å²) in [6.07, 6.45) is -0.471. The van der Waals surface area contributed by atoms with Crippen molar-refractivity contribution in [1.82, 2.24) is 9.80 Å². The maximum absolute atomic E-state index is 13.1. The van der Waals surface area contributed by atoms with Crippen LogP contribution in [-0.4, -0.2) is 46.2 Å². The summed E-state index contributed by atoms with van der Waals surface area (Å²) in [6.45, 7) is 2.54. The van der Waals surface area contributed by atoms with Crippen molar-refractivity contribution >= 4 is 29.4 Å². The van der Waals surface area contributed by atoms with Gasteiger partial charge in [0.15, 0.2) is 0 Å². The molecule has 0 radical (unpaired) electrons. The molecule has 150 valence electrons. The van der Waals surface area contributed by atoms with Gasteiger partial charge in [-0.1, -0.05) is 60.7 Å². The molecule has 2 aromatic rings. The van der Waals surface area contributed by atoms with Crippen molar-refractivity contribution in [3.05, 3.63) is 71.8 Å². The summed E-state index contributed by atoms with van der Waals surface area (Å²) in [5, 5.41) is 0.378. The van der Waals surface area contributed by atoms with Gasteiger partial charge in [0, 0.05) is 12.5 Å². The third-order valence-corrected chi connectivity index (χ3v) is 5.70. The molecule has 0 N–H and O–H groups in total. The van der Waals surface area contributed by atoms with E-state index in [0.29, 0.717) is 11.8 Å². The van der Waals surface area contributed by atoms with Gasteiger partial charge in [0.2, 0.25) is 5.91 Å². The summed E-state index contributed by atoms with van der Waals surface area (Å²) in [4.78, 5) is 28.5. The molecule has 7 heteroatoms. The average Bonchev–Trinajstić information content (AvgIpc) is 3.32. The molecule has 2 aromatic carbocycles. The molecule has 2 aliphatic heterocycles. The van der Waals surface area contributed by atoms with Crippen LogP contribution in [0.25, 0.3) is 0 Å². The number of rotatable bonds is 5. The highest BCUT2D eigenvalue weighted by Gasteiger charge is 2.41. The number of hydrogen-bond acceptors (Lipinski definition) is 5. The van der Waals surface area contributed by atoms with E-state index in [1.165, 1.54) is 4.90 Å². The molecule has 2 fully saturated rings. The maximum atomic E-state index is 13.1. The molecule has 0 spiro atoms. The van der Waals surface area contributed by atoms with E-state index >= 15 is 0 Å². The monoisotopic (exact) mass is 410 g/mol. The molecule has 4 rings (SSSR count). The summed E-state index contributed by atoms with van der Waals surface area (Å²) in [5.41, 5.74) is 1.95. The Morgan fingerprint density at radius 1 is 1.00 bits per heavy atom. The lowest BCUT2D eigenvalue weighted by molar-refractivity contribution is -0.130. The predicted octanol–water partition coefficient (Wildman–Crippen LogP) is 3.84. The molecule has 2 heterocycles. The van der Waals surface area contributed by atoms with Crippen molar-refractivity contribution < 1.29 is 19.1 Å². The van der Waals surface area contributed by atoms with Crippen molar-refractivity contribution in [2.24, 2.45) is 0 Å². The topological polar surface area (TPSA) is 59.1 Å². The molecule has 6 nitrogen and oxygen atoms in total. The van der Waals surface area contributed by atoms with Gasteiger partial charge in [-0.3, -0.25) is 4.79 Å². The Labute approximate surface area is 175 Å². The van der Waals surface area contributed by atoms with Crippen LogP contribution >= 0.6 is 12.2 Å². The highest BCUT2D eigenvalue weighted by Crippen LogP contribution is 2.33. The standard InChI is InChI=1S/C22H22N2O4S/c1-15(23-18(14-28-22(23)29)16-8-4-2-5-9-16)12-20(25)24-19(13-27-21(24)26)17-10-6-3-7-11-17/h2-11,15,18-19H,12-14H2,1H3/t15?,18-,19+/m1/s1. The van der Waals surface area contributed by atoms with E-state index in [1.54, 1.807) is 0 Å². The van der Waals surface area contributed by atoms with E-state index in [1.807, 2.05) is 72.5 Å². The normalized spacial score (nSPS) is 22.4. The van der Waals surface area contributed by atoms with Crippen LogP contribution in [0.1, 0.15) is 36.6 Å². The molecule has 0 saturated carbocycles. The number of hydrogen-bond donors (Lipinski definition) is 0. The average molecular weight is 410 g/mol. The van der Waals surface area contributed by atoms with Crippen molar-refractivity contribution in [3.63, 3.8) is 0 Å². The van der Waals surface area contributed by atoms with Gasteiger partial charge in [0.25, 0.3) is 5.17 Å². The first-order valence-corrected chi connectivity index (χ1v) is 10.0. The highest BCUT2D eigenvalue weighted by molar-refractivity contribution is 7.80. The van der Waals surface area contributed by atoms with Crippen LogP contribution in [0, 0.1) is 0 Å². The van der Waals surface area contributed by atoms with Gasteiger partial charge in [-0.05, 0) is 30.3 Å². The van der Waals surface area contributed by atoms with E-state index in [0.717, 1.165) is 11.1 Å². The van der Waals surface area contributed by atoms with E-state index in [-0.39, 0.29) is 31.0 Å². The Kier molecular flexibility index (Phi) is 5.49. The number of nitrogens with zero attached hydrogens (tertiary/aromatic N) is 2. The fourth-order valence-electron chi connectivity index (χ4n) is 3.92. The first kappa shape index (κ1) is 19.4. The maximum Gasteiger partial charge on any atom is 0.417 e. The van der Waals surface area contributed by atoms with Gasteiger partial charge < -0.3 is 14.4 Å². The SMILES string of the molecule is CC(CC(=O)N1C(=O)OC[C@H]1c1ccccc1)N1C(=S)OC[C@@H]1c1ccccc1. The minimum atomic E-state index is -0.601. The molecule has 1 unspecified atom stereocenters. The fraction of sp³-hybridized carbons (Fsp3) is 0.318. The Balaban J connectivity index is 1.51. The smallest absolute Gasteiger partial charge is 0.417 e. The Bertz CT molecular complexity index is 906. The van der Waals surface area contributed by atoms with Crippen LogP contribution in [0.15, 0.2) is 60.7 Å². The number of imide groups is 1. The van der Waals surface area contributed by atoms with E-state index < -0.39 is 12.1 Å². The molecule has 2 saturated heterocycles. The molecule has 2 aliphatic rings. The summed E-state index contributed by atoms with van der Waals surface area (Å²) in [5.74, 6) is -0.282. The van der Waals surface area contributed by atoms with Gasteiger partial charge in [0.1, 0.15) is 19.3 Å². The number of ether oxygens (including phenoxy) is 2. The predicted molar refractivity (Wildman–Crippen MR) is 111 cm³/mol. The number of carbonyl (C=O) groups excluding carboxylic acids is 2. The van der Waals surface area contributed by atoms with Crippen LogP contribution in [0.3, 0.4) is 0 Å². The zero-order valence-electron chi connectivity index (χ0n) is 16.1. The lowest BCUT2D eigenvalue weighted by Crippen LogP contribution is -2.42. The van der Waals surface area contributed by atoms with Crippen LogP contribution in [0.2, 0.25) is 0 Å². The van der Waals surface area contributed by atoms with E-state index in [2.05, 4.69) is 0 Å². The molecule has 0 bridgehead atoms. The van der Waals surface area contributed by atoms with Crippen LogP contribution in [0.4, 0.5) is 4.79 Å². The van der Waals surface area contributed by atoms with Gasteiger partial charge in [0.05, 0.1) is 6.04 Å². The van der Waals surface area contributed by atoms with E-state index in [9.17, 15) is 9.59 Å². The van der Waals surface area contributed by atoms with Crippen molar-refractivity contribution in [1.29, 1.82) is 0 Å². The third kappa shape index (κ3) is 3.82. The summed E-state index contributed by atoms with van der Waals surface area (Å²) in [7, 11) is 0.